The van der Waals surface area contributed by atoms with E-state index < -0.39 is 0 Å². The van der Waals surface area contributed by atoms with E-state index in [2.05, 4.69) is 40.6 Å². The zero-order valence-corrected chi connectivity index (χ0v) is 17.7. The minimum atomic E-state index is 0. The molecule has 6 nitrogen and oxygen atoms in total. The highest BCUT2D eigenvalue weighted by atomic mass is 127. The molecule has 0 amide bonds. The fourth-order valence-corrected chi connectivity index (χ4v) is 2.84. The molecule has 140 valence electrons. The molecule has 1 atom stereocenters. The van der Waals surface area contributed by atoms with E-state index >= 15 is 0 Å². The molecule has 0 aliphatic carbocycles. The lowest BCUT2D eigenvalue weighted by Gasteiger charge is -2.16. The van der Waals surface area contributed by atoms with E-state index in [-0.39, 0.29) is 24.0 Å². The average molecular weight is 467 g/mol. The Bertz CT molecular complexity index is 841. The first kappa shape index (κ1) is 20.3. The largest absolute Gasteiger partial charge is 0.459 e. The number of aromatic nitrogens is 2. The summed E-state index contributed by atoms with van der Waals surface area (Å²) in [4.78, 5) is 4.29. The van der Waals surface area contributed by atoms with Crippen molar-refractivity contribution in [3.8, 4) is 0 Å². The lowest BCUT2D eigenvalue weighted by molar-refractivity contribution is 0.442. The van der Waals surface area contributed by atoms with E-state index in [1.165, 1.54) is 5.56 Å². The van der Waals surface area contributed by atoms with Crippen LogP contribution in [0.1, 0.15) is 18.2 Å². The van der Waals surface area contributed by atoms with Crippen molar-refractivity contribution in [3.63, 3.8) is 0 Å². The summed E-state index contributed by atoms with van der Waals surface area (Å²) in [7, 11) is 1.78. The van der Waals surface area contributed by atoms with E-state index in [0.29, 0.717) is 12.5 Å². The molecule has 0 saturated heterocycles. The highest BCUT2D eigenvalue weighted by Gasteiger charge is 2.11. The lowest BCUT2D eigenvalue weighted by Crippen LogP contribution is -2.39. The first-order valence-electron chi connectivity index (χ1n) is 8.56. The molecule has 7 heteroatoms. The Balaban J connectivity index is 0.00000243. The zero-order chi connectivity index (χ0) is 17.6. The summed E-state index contributed by atoms with van der Waals surface area (Å²) < 4.78 is 7.88. The van der Waals surface area contributed by atoms with E-state index in [0.717, 1.165) is 35.8 Å². The third kappa shape index (κ3) is 5.00. The monoisotopic (exact) mass is 467 g/mol. The van der Waals surface area contributed by atoms with Crippen molar-refractivity contribution in [3.05, 3.63) is 54.0 Å². The van der Waals surface area contributed by atoms with Crippen LogP contribution in [0.4, 0.5) is 0 Å². The van der Waals surface area contributed by atoms with Gasteiger partial charge in [0.2, 0.25) is 0 Å². The predicted octanol–water partition coefficient (Wildman–Crippen LogP) is 3.56. The van der Waals surface area contributed by atoms with Crippen LogP contribution in [0.3, 0.4) is 0 Å². The summed E-state index contributed by atoms with van der Waals surface area (Å²) in [5.41, 5.74) is 2.10. The normalized spacial score (nSPS) is 12.7. The smallest absolute Gasteiger partial charge is 0.191 e. The van der Waals surface area contributed by atoms with Gasteiger partial charge in [0.15, 0.2) is 5.96 Å². The van der Waals surface area contributed by atoms with Crippen molar-refractivity contribution in [2.24, 2.45) is 10.9 Å². The Morgan fingerprint density at radius 1 is 1.27 bits per heavy atom. The number of hydrogen-bond acceptors (Lipinski definition) is 3. The molecule has 26 heavy (non-hydrogen) atoms. The van der Waals surface area contributed by atoms with Gasteiger partial charge in [0.05, 0.1) is 6.54 Å². The Labute approximate surface area is 171 Å². The van der Waals surface area contributed by atoms with Gasteiger partial charge in [0, 0.05) is 43.5 Å². The highest BCUT2D eigenvalue weighted by Crippen LogP contribution is 2.24. The fourth-order valence-electron chi connectivity index (χ4n) is 2.84. The topological polar surface area (TPSA) is 67.4 Å². The van der Waals surface area contributed by atoms with Crippen molar-refractivity contribution < 1.29 is 4.42 Å². The lowest BCUT2D eigenvalue weighted by atomic mass is 10.1. The number of halogens is 1. The maximum Gasteiger partial charge on any atom is 0.191 e. The summed E-state index contributed by atoms with van der Waals surface area (Å²) in [6.45, 7) is 6.57. The summed E-state index contributed by atoms with van der Waals surface area (Å²) >= 11 is 0. The molecular formula is C19H26IN5O. The SMILES string of the molecule is CN=C(NCc1oc2ccccc2c1C)NCC(C)Cn1cccn1.I. The van der Waals surface area contributed by atoms with Crippen LogP contribution in [-0.2, 0) is 13.1 Å². The van der Waals surface area contributed by atoms with Gasteiger partial charge in [-0.15, -0.1) is 24.0 Å². The van der Waals surface area contributed by atoms with Gasteiger partial charge in [-0.25, -0.2) is 0 Å². The van der Waals surface area contributed by atoms with Crippen LogP contribution in [0.25, 0.3) is 11.0 Å². The quantitative estimate of drug-likeness (QED) is 0.331. The number of furan rings is 1. The van der Waals surface area contributed by atoms with Crippen molar-refractivity contribution in [1.29, 1.82) is 0 Å². The molecule has 2 aromatic heterocycles. The number of aryl methyl sites for hydroxylation is 1. The van der Waals surface area contributed by atoms with Crippen LogP contribution >= 0.6 is 24.0 Å². The summed E-state index contributed by atoms with van der Waals surface area (Å²) in [5.74, 6) is 2.15. The Morgan fingerprint density at radius 2 is 2.08 bits per heavy atom. The number of rotatable bonds is 6. The van der Waals surface area contributed by atoms with Gasteiger partial charge < -0.3 is 15.1 Å². The molecule has 2 heterocycles. The van der Waals surface area contributed by atoms with Gasteiger partial charge in [-0.3, -0.25) is 9.67 Å². The standard InChI is InChI=1S/C19H25N5O.HI/c1-14(13-24-10-6-9-23-24)11-21-19(20-3)22-12-18-15(2)16-7-4-5-8-17(16)25-18;/h4-10,14H,11-13H2,1-3H3,(H2,20,21,22);1H. The second-order valence-corrected chi connectivity index (χ2v) is 6.29. The van der Waals surface area contributed by atoms with Gasteiger partial charge >= 0.3 is 0 Å². The minimum absolute atomic E-state index is 0. The third-order valence-corrected chi connectivity index (χ3v) is 4.26. The highest BCUT2D eigenvalue weighted by molar-refractivity contribution is 14.0. The first-order valence-corrected chi connectivity index (χ1v) is 8.56. The van der Waals surface area contributed by atoms with Gasteiger partial charge in [0.25, 0.3) is 0 Å². The number of nitrogens with one attached hydrogen (secondary N) is 2. The molecule has 1 unspecified atom stereocenters. The number of fused-ring (bicyclic) bond motifs is 1. The number of para-hydroxylation sites is 1. The molecule has 0 aliphatic heterocycles. The van der Waals surface area contributed by atoms with E-state index in [9.17, 15) is 0 Å². The second kappa shape index (κ2) is 9.61. The molecular weight excluding hydrogens is 441 g/mol. The van der Waals surface area contributed by atoms with E-state index in [1.807, 2.05) is 35.1 Å². The average Bonchev–Trinajstić information content (AvgIpc) is 3.24. The van der Waals surface area contributed by atoms with E-state index in [4.69, 9.17) is 4.42 Å². The third-order valence-electron chi connectivity index (χ3n) is 4.26. The molecule has 0 bridgehead atoms. The second-order valence-electron chi connectivity index (χ2n) is 6.29. The molecule has 3 aromatic rings. The van der Waals surface area contributed by atoms with Gasteiger partial charge in [-0.2, -0.15) is 5.10 Å². The maximum atomic E-state index is 5.93. The van der Waals surface area contributed by atoms with E-state index in [1.54, 1.807) is 13.2 Å². The number of benzene rings is 1. The minimum Gasteiger partial charge on any atom is -0.459 e. The predicted molar refractivity (Wildman–Crippen MR) is 116 cm³/mol. The van der Waals surface area contributed by atoms with Crippen molar-refractivity contribution in [2.75, 3.05) is 13.6 Å². The van der Waals surface area contributed by atoms with Crippen LogP contribution < -0.4 is 10.6 Å². The summed E-state index contributed by atoms with van der Waals surface area (Å²) in [6, 6.07) is 10.0. The number of hydrogen-bond donors (Lipinski definition) is 2. The molecule has 0 aliphatic rings. The zero-order valence-electron chi connectivity index (χ0n) is 15.4. The molecule has 0 spiro atoms. The Morgan fingerprint density at radius 3 is 2.77 bits per heavy atom. The number of aliphatic imine (C=N–C) groups is 1. The van der Waals surface area contributed by atoms with Crippen LogP contribution in [0.2, 0.25) is 0 Å². The van der Waals surface area contributed by atoms with Crippen LogP contribution in [0.15, 0.2) is 52.1 Å². The van der Waals surface area contributed by atoms with Crippen LogP contribution in [-0.4, -0.2) is 29.3 Å². The van der Waals surface area contributed by atoms with Gasteiger partial charge in [-0.1, -0.05) is 25.1 Å². The van der Waals surface area contributed by atoms with Crippen LogP contribution in [0, 0.1) is 12.8 Å². The Kier molecular flexibility index (Phi) is 7.50. The Hall–Kier alpha value is -2.03. The van der Waals surface area contributed by atoms with Gasteiger partial charge in [-0.05, 0) is 25.0 Å². The summed E-state index contributed by atoms with van der Waals surface area (Å²) in [6.07, 6.45) is 3.78. The van der Waals surface area contributed by atoms with Crippen molar-refractivity contribution in [2.45, 2.75) is 26.9 Å². The van der Waals surface area contributed by atoms with Crippen molar-refractivity contribution >= 4 is 40.9 Å². The molecule has 0 saturated carbocycles. The molecule has 0 radical (unpaired) electrons. The maximum absolute atomic E-state index is 5.93. The molecule has 2 N–H and O–H groups in total. The van der Waals surface area contributed by atoms with Gasteiger partial charge in [0.1, 0.15) is 11.3 Å². The number of nitrogens with zero attached hydrogens (tertiary/aromatic N) is 3. The number of guanidine groups is 1. The summed E-state index contributed by atoms with van der Waals surface area (Å²) in [5, 5.41) is 12.1. The molecule has 0 fully saturated rings. The van der Waals surface area contributed by atoms with Crippen LogP contribution in [0.5, 0.6) is 0 Å². The fraction of sp³-hybridized carbons (Fsp3) is 0.368. The molecule has 1 aromatic carbocycles. The molecule has 3 rings (SSSR count). The first-order chi connectivity index (χ1) is 12.2. The van der Waals surface area contributed by atoms with Crippen molar-refractivity contribution in [1.82, 2.24) is 20.4 Å².